The Kier molecular flexibility index (Phi) is 10.8. The SMILES string of the molecule is CC(C)(C)N1C=CN(C(C)(C)C)[SiH]1Cl.CC[SiH]1N(C(C)(C)C)C=CN1C(C)(C)C.CN. The van der Waals surface area contributed by atoms with Gasteiger partial charge in [0.25, 0.3) is 0 Å². The Bertz CT molecular complexity index is 549. The highest BCUT2D eigenvalue weighted by atomic mass is 35.6. The number of hydrogen-bond acceptors (Lipinski definition) is 5. The minimum atomic E-state index is -1.50. The minimum Gasteiger partial charge on any atom is -0.383 e. The fourth-order valence-corrected chi connectivity index (χ4v) is 11.2. The van der Waals surface area contributed by atoms with Crippen molar-refractivity contribution < 1.29 is 0 Å². The summed E-state index contributed by atoms with van der Waals surface area (Å²) in [4.78, 5) is 0. The van der Waals surface area contributed by atoms with Crippen LogP contribution in [0.4, 0.5) is 0 Å². The average molecular weight is 490 g/mol. The summed E-state index contributed by atoms with van der Waals surface area (Å²) >= 11 is 6.54. The molecule has 2 rings (SSSR count). The summed E-state index contributed by atoms with van der Waals surface area (Å²) in [5.41, 5.74) is 5.30. The molecule has 184 valence electrons. The van der Waals surface area contributed by atoms with Crippen LogP contribution in [-0.4, -0.2) is 65.0 Å². The van der Waals surface area contributed by atoms with Crippen molar-refractivity contribution in [2.75, 3.05) is 7.05 Å². The highest BCUT2D eigenvalue weighted by Gasteiger charge is 2.39. The standard InChI is InChI=1S/C12H26N2Si.C10H21ClN2Si.CH5N/c1-8-15-13(11(2,3)4)9-10-14(15)12(5,6)7;1-9(2,3)12-7-8-13(14(12)11)10(4,5)6;1-2/h9-10,15H,8H2,1-7H3;7-8,14H,1-6H3;2H2,1H3. The van der Waals surface area contributed by atoms with E-state index < -0.39 is 17.5 Å². The van der Waals surface area contributed by atoms with E-state index in [2.05, 4.69) is 139 Å². The summed E-state index contributed by atoms with van der Waals surface area (Å²) in [5, 5.41) is 0. The summed E-state index contributed by atoms with van der Waals surface area (Å²) in [6.45, 7) is 29.4. The lowest BCUT2D eigenvalue weighted by Gasteiger charge is -2.44. The van der Waals surface area contributed by atoms with Crippen molar-refractivity contribution in [3.8, 4) is 0 Å². The Balaban J connectivity index is 0.000000539. The van der Waals surface area contributed by atoms with Gasteiger partial charge in [-0.1, -0.05) is 6.92 Å². The lowest BCUT2D eigenvalue weighted by Crippen LogP contribution is -2.55. The number of halogens is 1. The van der Waals surface area contributed by atoms with E-state index in [1.54, 1.807) is 0 Å². The molecule has 0 bridgehead atoms. The first-order valence-corrected chi connectivity index (χ1v) is 16.2. The zero-order valence-electron chi connectivity index (χ0n) is 22.9. The summed E-state index contributed by atoms with van der Waals surface area (Å²) in [6, 6.07) is 1.29. The Morgan fingerprint density at radius 2 is 0.806 bits per heavy atom. The summed E-state index contributed by atoms with van der Waals surface area (Å²) < 4.78 is 9.80. The molecular weight excluding hydrogens is 438 g/mol. The maximum atomic E-state index is 6.54. The van der Waals surface area contributed by atoms with Crippen molar-refractivity contribution in [2.45, 2.75) is 118 Å². The van der Waals surface area contributed by atoms with Gasteiger partial charge in [0.15, 0.2) is 0 Å². The van der Waals surface area contributed by atoms with E-state index in [9.17, 15) is 0 Å². The van der Waals surface area contributed by atoms with Gasteiger partial charge in [-0.3, -0.25) is 0 Å². The molecule has 31 heavy (non-hydrogen) atoms. The molecule has 2 aliphatic heterocycles. The molecule has 0 aromatic carbocycles. The quantitative estimate of drug-likeness (QED) is 0.409. The minimum absolute atomic E-state index is 0.134. The van der Waals surface area contributed by atoms with Gasteiger partial charge in [-0.25, -0.2) is 0 Å². The lowest BCUT2D eigenvalue weighted by molar-refractivity contribution is 0.280. The molecule has 0 radical (unpaired) electrons. The molecule has 0 fully saturated rings. The van der Waals surface area contributed by atoms with E-state index in [0.29, 0.717) is 0 Å². The summed E-state index contributed by atoms with van der Waals surface area (Å²) in [7, 11) is -0.986. The van der Waals surface area contributed by atoms with Crippen LogP contribution in [0.2, 0.25) is 6.04 Å². The van der Waals surface area contributed by atoms with Gasteiger partial charge in [-0.2, -0.15) is 0 Å². The second kappa shape index (κ2) is 11.0. The maximum Gasteiger partial charge on any atom is 0.349 e. The molecule has 8 heteroatoms. The van der Waals surface area contributed by atoms with Crippen molar-refractivity contribution in [2.24, 2.45) is 5.73 Å². The van der Waals surface area contributed by atoms with E-state index in [1.165, 1.54) is 13.1 Å². The predicted molar refractivity (Wildman–Crippen MR) is 145 cm³/mol. The smallest absolute Gasteiger partial charge is 0.349 e. The molecule has 2 N–H and O–H groups in total. The molecular formula is C23H52ClN5Si2. The van der Waals surface area contributed by atoms with Gasteiger partial charge in [-0.15, -0.1) is 11.1 Å². The highest BCUT2D eigenvalue weighted by molar-refractivity contribution is 7.04. The van der Waals surface area contributed by atoms with Gasteiger partial charge in [0.1, 0.15) is 0 Å². The lowest BCUT2D eigenvalue weighted by atomic mass is 10.1. The normalized spacial score (nSPS) is 18.3. The Morgan fingerprint density at radius 3 is 0.968 bits per heavy atom. The zero-order valence-corrected chi connectivity index (χ0v) is 26.0. The first-order valence-electron chi connectivity index (χ1n) is 11.5. The van der Waals surface area contributed by atoms with Crippen molar-refractivity contribution in [1.29, 1.82) is 0 Å². The van der Waals surface area contributed by atoms with Crippen molar-refractivity contribution >= 4 is 28.6 Å². The van der Waals surface area contributed by atoms with Crippen LogP contribution < -0.4 is 5.73 Å². The molecule has 2 aliphatic rings. The maximum absolute atomic E-state index is 6.54. The third-order valence-corrected chi connectivity index (χ3v) is 13.3. The fraction of sp³-hybridized carbons (Fsp3) is 0.826. The zero-order chi connectivity index (χ0) is 25.0. The molecule has 0 amide bonds. The highest BCUT2D eigenvalue weighted by Crippen LogP contribution is 2.31. The topological polar surface area (TPSA) is 39.0 Å². The van der Waals surface area contributed by atoms with Crippen LogP contribution in [0.15, 0.2) is 24.8 Å². The molecule has 0 aromatic heterocycles. The molecule has 0 saturated carbocycles. The van der Waals surface area contributed by atoms with Crippen LogP contribution in [0.3, 0.4) is 0 Å². The number of hydrogen-bond donors (Lipinski definition) is 1. The average Bonchev–Trinajstić information content (AvgIpc) is 3.18. The van der Waals surface area contributed by atoms with E-state index >= 15 is 0 Å². The van der Waals surface area contributed by atoms with E-state index in [-0.39, 0.29) is 22.2 Å². The third kappa shape index (κ3) is 8.33. The molecule has 0 aromatic rings. The van der Waals surface area contributed by atoms with Gasteiger partial charge in [0.05, 0.1) is 0 Å². The van der Waals surface area contributed by atoms with Gasteiger partial charge in [0.2, 0.25) is 9.12 Å². The second-order valence-corrected chi connectivity index (χ2v) is 17.9. The van der Waals surface area contributed by atoms with Gasteiger partial charge in [0, 0.05) is 47.0 Å². The Hall–Kier alpha value is -0.636. The molecule has 2 heterocycles. The second-order valence-electron chi connectivity index (χ2n) is 12.1. The largest absolute Gasteiger partial charge is 0.383 e. The van der Waals surface area contributed by atoms with Crippen LogP contribution in [0.25, 0.3) is 0 Å². The molecule has 0 saturated heterocycles. The Labute approximate surface area is 202 Å². The van der Waals surface area contributed by atoms with E-state index in [1.807, 2.05) is 0 Å². The van der Waals surface area contributed by atoms with Crippen molar-refractivity contribution in [1.82, 2.24) is 18.3 Å². The van der Waals surface area contributed by atoms with Gasteiger partial charge in [-0.05, 0) is 96.2 Å². The predicted octanol–water partition coefficient (Wildman–Crippen LogP) is 5.12. The van der Waals surface area contributed by atoms with Crippen LogP contribution in [0.5, 0.6) is 0 Å². The molecule has 0 spiro atoms. The van der Waals surface area contributed by atoms with Gasteiger partial charge >= 0.3 is 8.43 Å². The summed E-state index contributed by atoms with van der Waals surface area (Å²) in [5.74, 6) is 0. The van der Waals surface area contributed by atoms with Gasteiger partial charge < -0.3 is 24.0 Å². The number of nitrogens with two attached hydrogens (primary N) is 1. The molecule has 5 nitrogen and oxygen atoms in total. The number of rotatable bonds is 1. The number of nitrogens with zero attached hydrogens (tertiary/aromatic N) is 4. The fourth-order valence-electron chi connectivity index (χ4n) is 3.72. The first kappa shape index (κ1) is 30.4. The van der Waals surface area contributed by atoms with Crippen LogP contribution in [-0.2, 0) is 0 Å². The molecule has 0 atom stereocenters. The van der Waals surface area contributed by atoms with Crippen LogP contribution in [0, 0.1) is 0 Å². The van der Waals surface area contributed by atoms with E-state index in [0.717, 1.165) is 0 Å². The Morgan fingerprint density at radius 1 is 0.581 bits per heavy atom. The first-order chi connectivity index (χ1) is 13.8. The van der Waals surface area contributed by atoms with E-state index in [4.69, 9.17) is 11.1 Å². The third-order valence-electron chi connectivity index (χ3n) is 5.34. The monoisotopic (exact) mass is 489 g/mol. The van der Waals surface area contributed by atoms with Crippen LogP contribution in [0.1, 0.15) is 90.0 Å². The van der Waals surface area contributed by atoms with Crippen LogP contribution >= 0.6 is 11.1 Å². The molecule has 0 aliphatic carbocycles. The van der Waals surface area contributed by atoms with Crippen molar-refractivity contribution in [3.05, 3.63) is 24.8 Å². The van der Waals surface area contributed by atoms with Crippen molar-refractivity contribution in [3.63, 3.8) is 0 Å². The molecule has 0 unspecified atom stereocenters. The summed E-state index contributed by atoms with van der Waals surface area (Å²) in [6.07, 6.45) is 8.86.